The van der Waals surface area contributed by atoms with E-state index >= 15 is 0 Å². The van der Waals surface area contributed by atoms with Gasteiger partial charge in [0.2, 0.25) is 0 Å². The SMILES string of the molecule is OC1(CNC2CCC[C@@H]3C[C@H]23)CCC1. The van der Waals surface area contributed by atoms with Crippen LogP contribution in [0.1, 0.15) is 44.9 Å². The van der Waals surface area contributed by atoms with E-state index in [1.165, 1.54) is 32.1 Å². The second-order valence-electron chi connectivity index (χ2n) is 5.66. The summed E-state index contributed by atoms with van der Waals surface area (Å²) in [7, 11) is 0. The smallest absolute Gasteiger partial charge is 0.0771 e. The molecular weight excluding hydrogens is 174 g/mol. The third-order valence-corrected chi connectivity index (χ3v) is 4.56. The average molecular weight is 195 g/mol. The standard InChI is InChI=1S/C12H21NO/c14-12(5-2-6-12)8-13-11-4-1-3-9-7-10(9)11/h9-11,13-14H,1-8H2/t9-,10+,11?/m1/s1. The van der Waals surface area contributed by atoms with Gasteiger partial charge in [0, 0.05) is 12.6 Å². The first kappa shape index (κ1) is 9.17. The fourth-order valence-electron chi connectivity index (χ4n) is 3.25. The molecule has 0 aromatic carbocycles. The Morgan fingerprint density at radius 1 is 1.21 bits per heavy atom. The van der Waals surface area contributed by atoms with Gasteiger partial charge in [-0.1, -0.05) is 12.8 Å². The van der Waals surface area contributed by atoms with Crippen LogP contribution in [0.25, 0.3) is 0 Å². The molecule has 0 bridgehead atoms. The van der Waals surface area contributed by atoms with Crippen LogP contribution in [0.5, 0.6) is 0 Å². The zero-order valence-electron chi connectivity index (χ0n) is 8.84. The van der Waals surface area contributed by atoms with Gasteiger partial charge in [0.1, 0.15) is 0 Å². The van der Waals surface area contributed by atoms with Crippen LogP contribution in [0.3, 0.4) is 0 Å². The Morgan fingerprint density at radius 2 is 2.07 bits per heavy atom. The summed E-state index contributed by atoms with van der Waals surface area (Å²) in [6.07, 6.45) is 8.91. The first-order valence-corrected chi connectivity index (χ1v) is 6.23. The molecule has 3 fully saturated rings. The quantitative estimate of drug-likeness (QED) is 0.718. The van der Waals surface area contributed by atoms with Crippen LogP contribution < -0.4 is 5.32 Å². The lowest BCUT2D eigenvalue weighted by molar-refractivity contribution is -0.0343. The summed E-state index contributed by atoms with van der Waals surface area (Å²) in [5, 5.41) is 13.6. The molecule has 3 aliphatic rings. The first-order valence-electron chi connectivity index (χ1n) is 6.23. The van der Waals surface area contributed by atoms with E-state index in [0.717, 1.165) is 37.3 Å². The highest BCUT2D eigenvalue weighted by atomic mass is 16.3. The van der Waals surface area contributed by atoms with Crippen molar-refractivity contribution in [2.75, 3.05) is 6.54 Å². The van der Waals surface area contributed by atoms with Crippen molar-refractivity contribution in [2.24, 2.45) is 11.8 Å². The van der Waals surface area contributed by atoms with Gasteiger partial charge in [-0.15, -0.1) is 0 Å². The number of fused-ring (bicyclic) bond motifs is 1. The Kier molecular flexibility index (Phi) is 2.10. The largest absolute Gasteiger partial charge is 0.389 e. The maximum Gasteiger partial charge on any atom is 0.0771 e. The van der Waals surface area contributed by atoms with Crippen LogP contribution >= 0.6 is 0 Å². The summed E-state index contributed by atoms with van der Waals surface area (Å²) in [4.78, 5) is 0. The molecule has 2 N–H and O–H groups in total. The van der Waals surface area contributed by atoms with Gasteiger partial charge in [-0.25, -0.2) is 0 Å². The summed E-state index contributed by atoms with van der Waals surface area (Å²) >= 11 is 0. The zero-order chi connectivity index (χ0) is 9.60. The molecule has 3 atom stereocenters. The van der Waals surface area contributed by atoms with Gasteiger partial charge >= 0.3 is 0 Å². The van der Waals surface area contributed by atoms with E-state index in [2.05, 4.69) is 5.32 Å². The molecular formula is C12H21NO. The summed E-state index contributed by atoms with van der Waals surface area (Å²) in [6, 6.07) is 0.735. The number of aliphatic hydroxyl groups is 1. The lowest BCUT2D eigenvalue weighted by Crippen LogP contribution is -2.49. The van der Waals surface area contributed by atoms with Crippen molar-refractivity contribution in [3.8, 4) is 0 Å². The summed E-state index contributed by atoms with van der Waals surface area (Å²) in [5.74, 6) is 2.00. The Labute approximate surface area is 86.1 Å². The molecule has 0 aromatic rings. The third kappa shape index (κ3) is 1.59. The number of nitrogens with one attached hydrogen (secondary N) is 1. The average Bonchev–Trinajstić information content (AvgIpc) is 2.90. The molecule has 0 saturated heterocycles. The predicted octanol–water partition coefficient (Wildman–Crippen LogP) is 1.68. The van der Waals surface area contributed by atoms with Crippen LogP contribution in [-0.4, -0.2) is 23.3 Å². The second kappa shape index (κ2) is 3.21. The van der Waals surface area contributed by atoms with Crippen LogP contribution in [0.2, 0.25) is 0 Å². The van der Waals surface area contributed by atoms with Crippen molar-refractivity contribution in [3.05, 3.63) is 0 Å². The van der Waals surface area contributed by atoms with Gasteiger partial charge in [-0.3, -0.25) is 0 Å². The van der Waals surface area contributed by atoms with Crippen molar-refractivity contribution in [2.45, 2.75) is 56.6 Å². The van der Waals surface area contributed by atoms with Crippen molar-refractivity contribution in [1.29, 1.82) is 0 Å². The number of hydrogen-bond acceptors (Lipinski definition) is 2. The van der Waals surface area contributed by atoms with E-state index in [9.17, 15) is 5.11 Å². The Bertz CT molecular complexity index is 224. The van der Waals surface area contributed by atoms with Crippen LogP contribution in [0.4, 0.5) is 0 Å². The molecule has 3 rings (SSSR count). The second-order valence-corrected chi connectivity index (χ2v) is 5.66. The fourth-order valence-corrected chi connectivity index (χ4v) is 3.25. The van der Waals surface area contributed by atoms with Crippen molar-refractivity contribution in [1.82, 2.24) is 5.32 Å². The van der Waals surface area contributed by atoms with Gasteiger partial charge in [0.05, 0.1) is 5.60 Å². The monoisotopic (exact) mass is 195 g/mol. The lowest BCUT2D eigenvalue weighted by atomic mass is 9.80. The van der Waals surface area contributed by atoms with Gasteiger partial charge in [-0.05, 0) is 43.9 Å². The van der Waals surface area contributed by atoms with E-state index in [1.54, 1.807) is 0 Å². The molecule has 1 unspecified atom stereocenters. The molecule has 0 amide bonds. The van der Waals surface area contributed by atoms with E-state index in [4.69, 9.17) is 0 Å². The fraction of sp³-hybridized carbons (Fsp3) is 1.00. The van der Waals surface area contributed by atoms with Crippen LogP contribution in [0, 0.1) is 11.8 Å². The van der Waals surface area contributed by atoms with Gasteiger partial charge in [0.15, 0.2) is 0 Å². The minimum absolute atomic E-state index is 0.332. The maximum atomic E-state index is 9.98. The maximum absolute atomic E-state index is 9.98. The normalized spacial score (nSPS) is 43.9. The summed E-state index contributed by atoms with van der Waals surface area (Å²) < 4.78 is 0. The molecule has 3 aliphatic carbocycles. The minimum atomic E-state index is -0.332. The van der Waals surface area contributed by atoms with E-state index in [0.29, 0.717) is 0 Å². The molecule has 0 radical (unpaired) electrons. The van der Waals surface area contributed by atoms with Crippen molar-refractivity contribution < 1.29 is 5.11 Å². The van der Waals surface area contributed by atoms with Crippen molar-refractivity contribution in [3.63, 3.8) is 0 Å². The molecule has 0 aliphatic heterocycles. The van der Waals surface area contributed by atoms with Crippen LogP contribution in [0.15, 0.2) is 0 Å². The zero-order valence-corrected chi connectivity index (χ0v) is 8.84. The molecule has 0 heterocycles. The molecule has 80 valence electrons. The molecule has 2 heteroatoms. The molecule has 14 heavy (non-hydrogen) atoms. The Hall–Kier alpha value is -0.0800. The summed E-state index contributed by atoms with van der Waals surface area (Å²) in [6.45, 7) is 0.848. The highest BCUT2D eigenvalue weighted by Gasteiger charge is 2.45. The molecule has 3 saturated carbocycles. The number of rotatable bonds is 3. The highest BCUT2D eigenvalue weighted by Crippen LogP contribution is 2.49. The molecule has 0 spiro atoms. The lowest BCUT2D eigenvalue weighted by Gasteiger charge is -2.38. The van der Waals surface area contributed by atoms with Gasteiger partial charge < -0.3 is 10.4 Å². The topological polar surface area (TPSA) is 32.3 Å². The van der Waals surface area contributed by atoms with Crippen LogP contribution in [-0.2, 0) is 0 Å². The van der Waals surface area contributed by atoms with E-state index in [-0.39, 0.29) is 5.60 Å². The molecule has 2 nitrogen and oxygen atoms in total. The number of hydrogen-bond donors (Lipinski definition) is 2. The highest BCUT2D eigenvalue weighted by molar-refractivity contribution is 5.00. The van der Waals surface area contributed by atoms with Gasteiger partial charge in [-0.2, -0.15) is 0 Å². The summed E-state index contributed by atoms with van der Waals surface area (Å²) in [5.41, 5.74) is -0.332. The first-order chi connectivity index (χ1) is 6.77. The molecule has 0 aromatic heterocycles. The van der Waals surface area contributed by atoms with E-state index < -0.39 is 0 Å². The van der Waals surface area contributed by atoms with E-state index in [1.807, 2.05) is 0 Å². The Balaban J connectivity index is 1.47. The van der Waals surface area contributed by atoms with Crippen molar-refractivity contribution >= 4 is 0 Å². The Morgan fingerprint density at radius 3 is 2.79 bits per heavy atom. The van der Waals surface area contributed by atoms with Gasteiger partial charge in [0.25, 0.3) is 0 Å². The third-order valence-electron chi connectivity index (χ3n) is 4.56. The minimum Gasteiger partial charge on any atom is -0.389 e. The predicted molar refractivity (Wildman–Crippen MR) is 56.0 cm³/mol.